The molecular weight excluding hydrogens is 939 g/mol. The first-order chi connectivity index (χ1) is 34.1. The molecule has 0 aliphatic rings. The normalized spacial score (nSPS) is 12.0. The first-order valence-corrected chi connectivity index (χ1v) is 31.5. The van der Waals surface area contributed by atoms with Crippen LogP contribution in [0.2, 0.25) is 0 Å². The second-order valence-corrected chi connectivity index (χ2v) is 21.9. The minimum Gasteiger partial charge on any atom is -0.252 e. The summed E-state index contributed by atoms with van der Waals surface area (Å²) in [6.45, 7) is 13.9. The molecule has 2 aromatic rings. The van der Waals surface area contributed by atoms with Crippen LogP contribution >= 0.6 is 0 Å². The molecule has 0 bridgehead atoms. The van der Waals surface area contributed by atoms with E-state index in [2.05, 4.69) is 77.9 Å². The number of hydrogen-bond donors (Lipinski definition) is 0. The fraction of sp³-hybridized carbons (Fsp3) is 0.791. The van der Waals surface area contributed by atoms with Crippen molar-refractivity contribution >= 4 is 22.8 Å². The molecule has 0 atom stereocenters. The Bertz CT molecular complexity index is 1510. The van der Waals surface area contributed by atoms with Gasteiger partial charge in [0.15, 0.2) is 0 Å². The van der Waals surface area contributed by atoms with Gasteiger partial charge in [0.05, 0.1) is 22.8 Å². The molecule has 2 nitrogen and oxygen atoms in total. The molecule has 0 saturated carbocycles. The van der Waals surface area contributed by atoms with Crippen LogP contribution in [0.15, 0.2) is 46.4 Å². The van der Waals surface area contributed by atoms with Gasteiger partial charge in [0, 0.05) is 20.4 Å². The minimum absolute atomic E-state index is 0. The molecular formula is C67H118N2Pd. The van der Waals surface area contributed by atoms with E-state index in [4.69, 9.17) is 9.98 Å². The summed E-state index contributed by atoms with van der Waals surface area (Å²) in [6, 6.07) is 14.4. The van der Waals surface area contributed by atoms with Crippen LogP contribution in [0.25, 0.3) is 0 Å². The molecule has 0 amide bonds. The molecule has 0 N–H and O–H groups in total. The standard InChI is InChI=1S/C67H118N2.Pd/c1-7-13-19-20-21-22-23-24-25-26-27-28-29-30-31-32-33-34-35-36-37-38-39-40-41-42-47-53-67(69-65-57-55-61(49-44-15-9-3)63(59-65)51-46-17-11-5)66(52-18-12-6)68-64-56-54-60(48-43-14-8-2)62(58-64)50-45-16-10-4;/h54-59H,7-53H2,1-6H3;. The van der Waals surface area contributed by atoms with Gasteiger partial charge in [-0.05, 0) is 124 Å². The Kier molecular flexibility index (Phi) is 47.1. The molecule has 406 valence electrons. The molecule has 0 aromatic heterocycles. The smallest absolute Gasteiger partial charge is 0.0636 e. The molecule has 0 fully saturated rings. The summed E-state index contributed by atoms with van der Waals surface area (Å²) in [5.41, 5.74) is 11.0. The van der Waals surface area contributed by atoms with Gasteiger partial charge in [0.2, 0.25) is 0 Å². The predicted molar refractivity (Wildman–Crippen MR) is 314 cm³/mol. The average molecular weight is 1060 g/mol. The summed E-state index contributed by atoms with van der Waals surface area (Å²) in [5.74, 6) is 0. The van der Waals surface area contributed by atoms with Gasteiger partial charge >= 0.3 is 0 Å². The van der Waals surface area contributed by atoms with E-state index in [-0.39, 0.29) is 20.4 Å². The van der Waals surface area contributed by atoms with Crippen molar-refractivity contribution in [1.82, 2.24) is 0 Å². The minimum atomic E-state index is 0. The first-order valence-electron chi connectivity index (χ1n) is 31.5. The van der Waals surface area contributed by atoms with Crippen molar-refractivity contribution < 1.29 is 20.4 Å². The topological polar surface area (TPSA) is 24.7 Å². The monoisotopic (exact) mass is 1060 g/mol. The Labute approximate surface area is 452 Å². The van der Waals surface area contributed by atoms with E-state index < -0.39 is 0 Å². The van der Waals surface area contributed by atoms with Crippen LogP contribution in [0.4, 0.5) is 11.4 Å². The van der Waals surface area contributed by atoms with Crippen LogP contribution < -0.4 is 0 Å². The second-order valence-electron chi connectivity index (χ2n) is 21.9. The van der Waals surface area contributed by atoms with E-state index in [1.165, 1.54) is 305 Å². The molecule has 3 heteroatoms. The Morgan fingerprint density at radius 3 is 0.771 bits per heavy atom. The Morgan fingerprint density at radius 1 is 0.257 bits per heavy atom. The van der Waals surface area contributed by atoms with Crippen molar-refractivity contribution in [1.29, 1.82) is 0 Å². The summed E-state index contributed by atoms with van der Waals surface area (Å²) in [4.78, 5) is 11.2. The molecule has 0 heterocycles. The fourth-order valence-corrected chi connectivity index (χ4v) is 10.5. The molecule has 0 saturated heterocycles. The molecule has 2 rings (SSSR count). The predicted octanol–water partition coefficient (Wildman–Crippen LogP) is 23.6. The van der Waals surface area contributed by atoms with Gasteiger partial charge in [0.25, 0.3) is 0 Å². The van der Waals surface area contributed by atoms with Crippen molar-refractivity contribution in [2.45, 2.75) is 343 Å². The van der Waals surface area contributed by atoms with Crippen molar-refractivity contribution in [2.75, 3.05) is 0 Å². The maximum atomic E-state index is 5.60. The summed E-state index contributed by atoms with van der Waals surface area (Å²) in [6.07, 6.45) is 63.3. The average Bonchev–Trinajstić information content (AvgIpc) is 3.36. The fourth-order valence-electron chi connectivity index (χ4n) is 10.5. The number of aliphatic imine (C=N–C) groups is 2. The Hall–Kier alpha value is -1.56. The maximum absolute atomic E-state index is 5.60. The summed E-state index contributed by atoms with van der Waals surface area (Å²) in [7, 11) is 0. The number of rotatable bonds is 50. The largest absolute Gasteiger partial charge is 0.252 e. The van der Waals surface area contributed by atoms with Crippen LogP contribution in [0.5, 0.6) is 0 Å². The van der Waals surface area contributed by atoms with Gasteiger partial charge < -0.3 is 0 Å². The summed E-state index contributed by atoms with van der Waals surface area (Å²) >= 11 is 0. The molecule has 0 spiro atoms. The number of nitrogens with zero attached hydrogens (tertiary/aromatic N) is 2. The third-order valence-corrected chi connectivity index (χ3v) is 15.2. The molecule has 2 aromatic carbocycles. The van der Waals surface area contributed by atoms with Gasteiger partial charge in [-0.2, -0.15) is 0 Å². The van der Waals surface area contributed by atoms with Crippen molar-refractivity contribution in [3.8, 4) is 0 Å². The zero-order valence-corrected chi connectivity index (χ0v) is 49.5. The Morgan fingerprint density at radius 2 is 0.486 bits per heavy atom. The molecule has 0 radical (unpaired) electrons. The zero-order valence-electron chi connectivity index (χ0n) is 47.9. The summed E-state index contributed by atoms with van der Waals surface area (Å²) in [5, 5.41) is 0. The molecule has 70 heavy (non-hydrogen) atoms. The number of aryl methyl sites for hydroxylation is 4. The van der Waals surface area contributed by atoms with Crippen LogP contribution in [0, 0.1) is 0 Å². The maximum Gasteiger partial charge on any atom is 0.0636 e. The number of benzene rings is 2. The SMILES string of the molecule is CCCCCCCCCCCCCCCCCCCCCCCCCCCCCC(=Nc1ccc(CCCCC)c(CCCCC)c1)C(CCCC)=Nc1ccc(CCCCC)c(CCCCC)c1.[Pd]. The van der Waals surface area contributed by atoms with Gasteiger partial charge in [-0.1, -0.05) is 278 Å². The Balaban J connectivity index is 0.0000245. The van der Waals surface area contributed by atoms with E-state index >= 15 is 0 Å². The third-order valence-electron chi connectivity index (χ3n) is 15.2. The second kappa shape index (κ2) is 49.6. The van der Waals surface area contributed by atoms with Gasteiger partial charge in [0.1, 0.15) is 0 Å². The van der Waals surface area contributed by atoms with E-state index in [1.807, 2.05) is 0 Å². The number of unbranched alkanes of at least 4 members (excludes halogenated alkanes) is 35. The van der Waals surface area contributed by atoms with Crippen molar-refractivity contribution in [2.24, 2.45) is 9.98 Å². The van der Waals surface area contributed by atoms with Gasteiger partial charge in [-0.25, -0.2) is 0 Å². The van der Waals surface area contributed by atoms with Crippen LogP contribution in [-0.2, 0) is 46.1 Å². The van der Waals surface area contributed by atoms with Crippen molar-refractivity contribution in [3.63, 3.8) is 0 Å². The molecule has 0 aliphatic heterocycles. The van der Waals surface area contributed by atoms with Crippen molar-refractivity contribution in [3.05, 3.63) is 58.7 Å². The van der Waals surface area contributed by atoms with Gasteiger partial charge in [-0.15, -0.1) is 0 Å². The summed E-state index contributed by atoms with van der Waals surface area (Å²) < 4.78 is 0. The van der Waals surface area contributed by atoms with Crippen LogP contribution in [0.3, 0.4) is 0 Å². The number of hydrogen-bond acceptors (Lipinski definition) is 2. The van der Waals surface area contributed by atoms with Crippen LogP contribution in [0.1, 0.15) is 340 Å². The van der Waals surface area contributed by atoms with E-state index in [0.29, 0.717) is 0 Å². The molecule has 0 aliphatic carbocycles. The zero-order chi connectivity index (χ0) is 49.5. The quantitative estimate of drug-likeness (QED) is 0.0358. The van der Waals surface area contributed by atoms with E-state index in [9.17, 15) is 0 Å². The molecule has 0 unspecified atom stereocenters. The third kappa shape index (κ3) is 35.6. The van der Waals surface area contributed by atoms with E-state index in [0.717, 1.165) is 30.6 Å². The van der Waals surface area contributed by atoms with Crippen LogP contribution in [-0.4, -0.2) is 11.4 Å². The van der Waals surface area contributed by atoms with Gasteiger partial charge in [-0.3, -0.25) is 9.98 Å². The van der Waals surface area contributed by atoms with E-state index in [1.54, 1.807) is 11.1 Å². The first kappa shape index (κ1) is 66.5.